The Labute approximate surface area is 172 Å². The van der Waals surface area contributed by atoms with Crippen LogP contribution >= 0.6 is 0 Å². The number of fused-ring (bicyclic) bond motifs is 1. The Morgan fingerprint density at radius 2 is 1.80 bits per heavy atom. The Balaban J connectivity index is 1.79. The summed E-state index contributed by atoms with van der Waals surface area (Å²) in [5.41, 5.74) is 2.45. The molecular weight excluding hydrogens is 392 g/mol. The molecule has 0 aliphatic rings. The second-order valence-corrected chi connectivity index (χ2v) is 7.11. The maximum atomic E-state index is 13.6. The van der Waals surface area contributed by atoms with Gasteiger partial charge in [0.1, 0.15) is 0 Å². The van der Waals surface area contributed by atoms with E-state index in [0.29, 0.717) is 5.52 Å². The van der Waals surface area contributed by atoms with Crippen molar-refractivity contribution in [2.45, 2.75) is 45.9 Å². The molecule has 6 nitrogen and oxygen atoms in total. The predicted octanol–water partition coefficient (Wildman–Crippen LogP) is 4.61. The summed E-state index contributed by atoms with van der Waals surface area (Å²) in [5, 5.41) is 2.73. The van der Waals surface area contributed by atoms with Gasteiger partial charge in [-0.05, 0) is 31.5 Å². The zero-order chi connectivity index (χ0) is 21.8. The van der Waals surface area contributed by atoms with E-state index in [1.807, 2.05) is 31.2 Å². The number of para-hydroxylation sites is 2. The van der Waals surface area contributed by atoms with Crippen LogP contribution in [0.5, 0.6) is 0 Å². The molecule has 0 aliphatic heterocycles. The summed E-state index contributed by atoms with van der Waals surface area (Å²) in [6.07, 6.45) is -1.13. The maximum absolute atomic E-state index is 13.6. The fourth-order valence-electron chi connectivity index (χ4n) is 3.32. The lowest BCUT2D eigenvalue weighted by Gasteiger charge is -2.20. The third-order valence-corrected chi connectivity index (χ3v) is 4.72. The van der Waals surface area contributed by atoms with Gasteiger partial charge < -0.3 is 10.1 Å². The van der Waals surface area contributed by atoms with Crippen LogP contribution in [-0.4, -0.2) is 21.4 Å². The summed E-state index contributed by atoms with van der Waals surface area (Å²) >= 11 is 0. The monoisotopic (exact) mass is 415 g/mol. The molecule has 0 bridgehead atoms. The maximum Gasteiger partial charge on any atom is 0.320 e. The molecule has 3 aromatic rings. The van der Waals surface area contributed by atoms with Crippen molar-refractivity contribution in [3.63, 3.8) is 0 Å². The van der Waals surface area contributed by atoms with Crippen LogP contribution in [-0.2, 0) is 14.3 Å². The van der Waals surface area contributed by atoms with Crippen molar-refractivity contribution < 1.29 is 23.1 Å². The van der Waals surface area contributed by atoms with Crippen molar-refractivity contribution in [2.75, 3.05) is 0 Å². The first-order valence-electron chi connectivity index (χ1n) is 9.54. The third-order valence-electron chi connectivity index (χ3n) is 4.72. The normalized spacial score (nSPS) is 13.3. The molecule has 1 heterocycles. The minimum atomic E-state index is -2.83. The van der Waals surface area contributed by atoms with Crippen LogP contribution < -0.4 is 5.32 Å². The van der Waals surface area contributed by atoms with Crippen LogP contribution in [0.3, 0.4) is 0 Å². The quantitative estimate of drug-likeness (QED) is 0.572. The Bertz CT molecular complexity index is 1050. The summed E-state index contributed by atoms with van der Waals surface area (Å²) in [7, 11) is 0. The van der Waals surface area contributed by atoms with Gasteiger partial charge in [-0.1, -0.05) is 42.0 Å². The van der Waals surface area contributed by atoms with Crippen LogP contribution in [0.2, 0.25) is 0 Å². The highest BCUT2D eigenvalue weighted by Crippen LogP contribution is 2.29. The van der Waals surface area contributed by atoms with E-state index in [9.17, 15) is 18.4 Å². The number of halogens is 2. The standard InChI is InChI=1S/C22H23F2N3O3/c1-13-8-10-16(11-9-13)18(25-15(3)28)12-20(29)30-14(2)21-26-17-6-4-5-7-19(17)27(21)22(23)24/h4-11,14,18,22H,12H2,1-3H3,(H,25,28)/t14-,18-/m0/s1. The Kier molecular flexibility index (Phi) is 6.44. The summed E-state index contributed by atoms with van der Waals surface area (Å²) in [6.45, 7) is 1.97. The molecule has 0 saturated carbocycles. The van der Waals surface area contributed by atoms with E-state index in [1.54, 1.807) is 18.2 Å². The number of nitrogens with zero attached hydrogens (tertiary/aromatic N) is 2. The number of esters is 1. The first kappa shape index (κ1) is 21.4. The predicted molar refractivity (Wildman–Crippen MR) is 108 cm³/mol. The number of amides is 1. The molecule has 2 atom stereocenters. The first-order valence-corrected chi connectivity index (χ1v) is 9.54. The van der Waals surface area contributed by atoms with E-state index in [1.165, 1.54) is 19.9 Å². The number of hydrogen-bond acceptors (Lipinski definition) is 4. The topological polar surface area (TPSA) is 73.2 Å². The largest absolute Gasteiger partial charge is 0.454 e. The van der Waals surface area contributed by atoms with Crippen LogP contribution in [0.1, 0.15) is 55.9 Å². The molecule has 0 fully saturated rings. The number of rotatable bonds is 7. The van der Waals surface area contributed by atoms with Gasteiger partial charge in [0, 0.05) is 6.92 Å². The van der Waals surface area contributed by atoms with E-state index in [0.717, 1.165) is 15.7 Å². The van der Waals surface area contributed by atoms with Gasteiger partial charge in [0.2, 0.25) is 5.91 Å². The van der Waals surface area contributed by atoms with Crippen LogP contribution in [0.15, 0.2) is 48.5 Å². The second-order valence-electron chi connectivity index (χ2n) is 7.11. The van der Waals surface area contributed by atoms with Gasteiger partial charge in [-0.3, -0.25) is 14.2 Å². The van der Waals surface area contributed by atoms with Crippen LogP contribution in [0.25, 0.3) is 11.0 Å². The molecule has 1 aromatic heterocycles. The molecule has 0 spiro atoms. The van der Waals surface area contributed by atoms with Gasteiger partial charge in [-0.25, -0.2) is 4.98 Å². The highest BCUT2D eigenvalue weighted by molar-refractivity contribution is 5.77. The van der Waals surface area contributed by atoms with E-state index in [-0.39, 0.29) is 23.7 Å². The van der Waals surface area contributed by atoms with Gasteiger partial charge in [-0.15, -0.1) is 0 Å². The van der Waals surface area contributed by atoms with Crippen LogP contribution in [0, 0.1) is 6.92 Å². The Hall–Kier alpha value is -3.29. The SMILES string of the molecule is CC(=O)N[C@@H](CC(=O)O[C@@H](C)c1nc2ccccc2n1C(F)F)c1ccc(C)cc1. The molecule has 2 aromatic carbocycles. The average molecular weight is 415 g/mol. The minimum absolute atomic E-state index is 0.0361. The Morgan fingerprint density at radius 1 is 1.13 bits per heavy atom. The molecule has 0 aliphatic carbocycles. The highest BCUT2D eigenvalue weighted by Gasteiger charge is 2.26. The van der Waals surface area contributed by atoms with E-state index in [4.69, 9.17) is 4.74 Å². The van der Waals surface area contributed by atoms with E-state index in [2.05, 4.69) is 10.3 Å². The van der Waals surface area contributed by atoms with Gasteiger partial charge in [0.25, 0.3) is 0 Å². The highest BCUT2D eigenvalue weighted by atomic mass is 19.3. The lowest BCUT2D eigenvalue weighted by atomic mass is 10.0. The number of carbonyl (C=O) groups excluding carboxylic acids is 2. The number of aromatic nitrogens is 2. The molecular formula is C22H23F2N3O3. The van der Waals surface area contributed by atoms with Crippen molar-refractivity contribution >= 4 is 22.9 Å². The minimum Gasteiger partial charge on any atom is -0.454 e. The molecule has 1 amide bonds. The fraction of sp³-hybridized carbons (Fsp3) is 0.318. The number of imidazole rings is 1. The molecule has 0 radical (unpaired) electrons. The van der Waals surface area contributed by atoms with E-state index < -0.39 is 24.7 Å². The lowest BCUT2D eigenvalue weighted by Crippen LogP contribution is -2.29. The van der Waals surface area contributed by atoms with Gasteiger partial charge in [-0.2, -0.15) is 8.78 Å². The lowest BCUT2D eigenvalue weighted by molar-refractivity contribution is -0.150. The molecule has 0 unspecified atom stereocenters. The molecule has 1 N–H and O–H groups in total. The van der Waals surface area contributed by atoms with Gasteiger partial charge in [0.15, 0.2) is 11.9 Å². The van der Waals surface area contributed by atoms with Crippen molar-refractivity contribution in [1.82, 2.24) is 14.9 Å². The molecule has 3 rings (SSSR count). The first-order chi connectivity index (χ1) is 14.3. The molecule has 30 heavy (non-hydrogen) atoms. The van der Waals surface area contributed by atoms with Crippen molar-refractivity contribution in [2.24, 2.45) is 0 Å². The number of alkyl halides is 2. The number of nitrogens with one attached hydrogen (secondary N) is 1. The molecule has 0 saturated heterocycles. The van der Waals surface area contributed by atoms with Crippen molar-refractivity contribution in [3.8, 4) is 0 Å². The zero-order valence-corrected chi connectivity index (χ0v) is 16.9. The van der Waals surface area contributed by atoms with Gasteiger partial charge in [0.05, 0.1) is 23.5 Å². The average Bonchev–Trinajstić information content (AvgIpc) is 3.07. The third kappa shape index (κ3) is 4.82. The Morgan fingerprint density at radius 3 is 2.43 bits per heavy atom. The second kappa shape index (κ2) is 9.02. The molecule has 8 heteroatoms. The number of aryl methyl sites for hydroxylation is 1. The smallest absolute Gasteiger partial charge is 0.320 e. The van der Waals surface area contributed by atoms with E-state index >= 15 is 0 Å². The molecule has 158 valence electrons. The summed E-state index contributed by atoms with van der Waals surface area (Å²) in [6, 6.07) is 13.3. The number of carbonyl (C=O) groups is 2. The summed E-state index contributed by atoms with van der Waals surface area (Å²) in [4.78, 5) is 28.4. The number of hydrogen-bond donors (Lipinski definition) is 1. The number of ether oxygens (including phenoxy) is 1. The fourth-order valence-corrected chi connectivity index (χ4v) is 3.32. The summed E-state index contributed by atoms with van der Waals surface area (Å²) in [5.74, 6) is -0.957. The van der Waals surface area contributed by atoms with Crippen LogP contribution in [0.4, 0.5) is 8.78 Å². The van der Waals surface area contributed by atoms with Crippen molar-refractivity contribution in [3.05, 3.63) is 65.5 Å². The van der Waals surface area contributed by atoms with Crippen molar-refractivity contribution in [1.29, 1.82) is 0 Å². The summed E-state index contributed by atoms with van der Waals surface area (Å²) < 4.78 is 33.4. The number of benzene rings is 2. The zero-order valence-electron chi connectivity index (χ0n) is 16.9. The van der Waals surface area contributed by atoms with Gasteiger partial charge >= 0.3 is 12.5 Å².